The van der Waals surface area contributed by atoms with E-state index in [1.807, 2.05) is 36.4 Å². The van der Waals surface area contributed by atoms with Gasteiger partial charge < -0.3 is 15.2 Å². The molecule has 0 aliphatic carbocycles. The molecule has 1 unspecified atom stereocenters. The Morgan fingerprint density at radius 2 is 1.68 bits per heavy atom. The molecule has 0 aromatic heterocycles. The number of methoxy groups -OCH3 is 2. The minimum atomic E-state index is -0.203. The molecule has 25 heavy (non-hydrogen) atoms. The second kappa shape index (κ2) is 8.01. The highest BCUT2D eigenvalue weighted by Gasteiger charge is 2.09. The maximum absolute atomic E-state index is 6.37. The van der Waals surface area contributed by atoms with Crippen molar-refractivity contribution in [3.05, 3.63) is 71.8 Å². The number of hydrogen-bond donors (Lipinski definition) is 2. The summed E-state index contributed by atoms with van der Waals surface area (Å²) in [5, 5.41) is 5.81. The predicted octanol–water partition coefficient (Wildman–Crippen LogP) is 3.65. The van der Waals surface area contributed by atoms with Crippen molar-refractivity contribution in [3.8, 4) is 11.5 Å². The van der Waals surface area contributed by atoms with Crippen LogP contribution in [0.1, 0.15) is 17.3 Å². The van der Waals surface area contributed by atoms with Crippen LogP contribution >= 0.6 is 0 Å². The van der Waals surface area contributed by atoms with E-state index in [0.29, 0.717) is 0 Å². The van der Waals surface area contributed by atoms with Crippen molar-refractivity contribution >= 4 is 10.8 Å². The Bertz CT molecular complexity index is 843. The van der Waals surface area contributed by atoms with Crippen molar-refractivity contribution in [2.24, 2.45) is 5.73 Å². The minimum Gasteiger partial charge on any atom is -0.493 e. The average molecular weight is 336 g/mol. The fraction of sp³-hybridized carbons (Fsp3) is 0.238. The molecule has 3 rings (SSSR count). The van der Waals surface area contributed by atoms with Crippen molar-refractivity contribution in [2.75, 3.05) is 20.8 Å². The van der Waals surface area contributed by atoms with Gasteiger partial charge in [0, 0.05) is 6.54 Å². The van der Waals surface area contributed by atoms with Gasteiger partial charge in [-0.1, -0.05) is 48.5 Å². The number of nitrogens with one attached hydrogen (secondary N) is 1. The van der Waals surface area contributed by atoms with Gasteiger partial charge in [0.15, 0.2) is 11.5 Å². The Balaban J connectivity index is 1.65. The highest BCUT2D eigenvalue weighted by Crippen LogP contribution is 2.27. The summed E-state index contributed by atoms with van der Waals surface area (Å²) in [7, 11) is 3.29. The van der Waals surface area contributed by atoms with Crippen LogP contribution in [0.2, 0.25) is 0 Å². The molecular weight excluding hydrogens is 312 g/mol. The smallest absolute Gasteiger partial charge is 0.160 e. The zero-order valence-corrected chi connectivity index (χ0v) is 14.7. The fourth-order valence-corrected chi connectivity index (χ4v) is 3.04. The SMILES string of the molecule is COc1ccc(CCNC(N)c2cccc3ccccc23)cc1OC. The van der Waals surface area contributed by atoms with Crippen molar-refractivity contribution in [1.29, 1.82) is 0 Å². The summed E-state index contributed by atoms with van der Waals surface area (Å²) in [6.45, 7) is 0.778. The molecule has 0 heterocycles. The molecular formula is C21H24N2O2. The van der Waals surface area contributed by atoms with Gasteiger partial charge in [0.2, 0.25) is 0 Å². The maximum atomic E-state index is 6.37. The van der Waals surface area contributed by atoms with Crippen LogP contribution in [-0.2, 0) is 6.42 Å². The number of fused-ring (bicyclic) bond motifs is 1. The van der Waals surface area contributed by atoms with E-state index in [0.717, 1.165) is 30.0 Å². The number of nitrogens with two attached hydrogens (primary N) is 1. The summed E-state index contributed by atoms with van der Waals surface area (Å²) in [6, 6.07) is 20.5. The van der Waals surface area contributed by atoms with Crippen LogP contribution in [-0.4, -0.2) is 20.8 Å². The second-order valence-electron chi connectivity index (χ2n) is 5.94. The zero-order chi connectivity index (χ0) is 17.6. The molecule has 4 heteroatoms. The normalized spacial score (nSPS) is 12.1. The first-order valence-corrected chi connectivity index (χ1v) is 8.40. The lowest BCUT2D eigenvalue weighted by Gasteiger charge is -2.17. The van der Waals surface area contributed by atoms with Crippen LogP contribution in [0.15, 0.2) is 60.7 Å². The first kappa shape index (κ1) is 17.3. The van der Waals surface area contributed by atoms with Gasteiger partial charge in [-0.3, -0.25) is 5.32 Å². The van der Waals surface area contributed by atoms with Crippen LogP contribution in [0.5, 0.6) is 11.5 Å². The predicted molar refractivity (Wildman–Crippen MR) is 102 cm³/mol. The summed E-state index contributed by atoms with van der Waals surface area (Å²) in [4.78, 5) is 0. The van der Waals surface area contributed by atoms with E-state index >= 15 is 0 Å². The summed E-state index contributed by atoms with van der Waals surface area (Å²) in [5.74, 6) is 1.49. The highest BCUT2D eigenvalue weighted by molar-refractivity contribution is 5.86. The molecule has 3 N–H and O–H groups in total. The molecule has 3 aromatic carbocycles. The highest BCUT2D eigenvalue weighted by atomic mass is 16.5. The number of ether oxygens (including phenoxy) is 2. The molecule has 130 valence electrons. The molecule has 0 aliphatic rings. The van der Waals surface area contributed by atoms with Crippen LogP contribution in [0.3, 0.4) is 0 Å². The third-order valence-electron chi connectivity index (χ3n) is 4.38. The zero-order valence-electron chi connectivity index (χ0n) is 14.7. The molecule has 3 aromatic rings. The Morgan fingerprint density at radius 3 is 2.48 bits per heavy atom. The van der Waals surface area contributed by atoms with Crippen molar-refractivity contribution in [2.45, 2.75) is 12.6 Å². The summed E-state index contributed by atoms with van der Waals surface area (Å²) < 4.78 is 10.6. The van der Waals surface area contributed by atoms with Gasteiger partial charge in [-0.05, 0) is 40.5 Å². The lowest BCUT2D eigenvalue weighted by atomic mass is 10.0. The van der Waals surface area contributed by atoms with E-state index in [1.54, 1.807) is 14.2 Å². The Morgan fingerprint density at radius 1 is 0.920 bits per heavy atom. The second-order valence-corrected chi connectivity index (χ2v) is 5.94. The molecule has 1 atom stereocenters. The first-order valence-electron chi connectivity index (χ1n) is 8.40. The number of benzene rings is 3. The van der Waals surface area contributed by atoms with E-state index in [2.05, 4.69) is 29.6 Å². The topological polar surface area (TPSA) is 56.5 Å². The standard InChI is InChI=1S/C21H24N2O2/c1-24-19-11-10-15(14-20(19)25-2)12-13-23-21(22)18-9-5-7-16-6-3-4-8-17(16)18/h3-11,14,21,23H,12-13,22H2,1-2H3. The quantitative estimate of drug-likeness (QED) is 0.647. The van der Waals surface area contributed by atoms with Gasteiger partial charge in [0.1, 0.15) is 0 Å². The van der Waals surface area contributed by atoms with Crippen molar-refractivity contribution < 1.29 is 9.47 Å². The van der Waals surface area contributed by atoms with Gasteiger partial charge in [-0.15, -0.1) is 0 Å². The number of hydrogen-bond acceptors (Lipinski definition) is 4. The van der Waals surface area contributed by atoms with E-state index in [-0.39, 0.29) is 6.17 Å². The van der Waals surface area contributed by atoms with E-state index in [9.17, 15) is 0 Å². The molecule has 0 radical (unpaired) electrons. The molecule has 0 saturated carbocycles. The summed E-state index contributed by atoms with van der Waals surface area (Å²) in [6.07, 6.45) is 0.657. The van der Waals surface area contributed by atoms with Crippen molar-refractivity contribution in [1.82, 2.24) is 5.32 Å². The first-order chi connectivity index (χ1) is 12.2. The lowest BCUT2D eigenvalue weighted by Crippen LogP contribution is -2.30. The molecule has 0 saturated heterocycles. The molecule has 0 aliphatic heterocycles. The van der Waals surface area contributed by atoms with Crippen LogP contribution in [0.25, 0.3) is 10.8 Å². The average Bonchev–Trinajstić information content (AvgIpc) is 2.67. The van der Waals surface area contributed by atoms with E-state index in [1.165, 1.54) is 16.3 Å². The summed E-state index contributed by atoms with van der Waals surface area (Å²) >= 11 is 0. The van der Waals surface area contributed by atoms with Crippen molar-refractivity contribution in [3.63, 3.8) is 0 Å². The Labute approximate surface area is 148 Å². The molecule has 4 nitrogen and oxygen atoms in total. The third-order valence-corrected chi connectivity index (χ3v) is 4.38. The molecule has 0 spiro atoms. The maximum Gasteiger partial charge on any atom is 0.160 e. The van der Waals surface area contributed by atoms with Crippen LogP contribution in [0.4, 0.5) is 0 Å². The van der Waals surface area contributed by atoms with Gasteiger partial charge in [0.25, 0.3) is 0 Å². The van der Waals surface area contributed by atoms with E-state index in [4.69, 9.17) is 15.2 Å². The van der Waals surface area contributed by atoms with Crippen LogP contribution < -0.4 is 20.5 Å². The molecule has 0 amide bonds. The van der Waals surface area contributed by atoms with Crippen LogP contribution in [0, 0.1) is 0 Å². The fourth-order valence-electron chi connectivity index (χ4n) is 3.04. The lowest BCUT2D eigenvalue weighted by molar-refractivity contribution is 0.354. The third kappa shape index (κ3) is 3.92. The Kier molecular flexibility index (Phi) is 5.53. The largest absolute Gasteiger partial charge is 0.493 e. The van der Waals surface area contributed by atoms with Gasteiger partial charge in [0.05, 0.1) is 20.4 Å². The number of rotatable bonds is 7. The van der Waals surface area contributed by atoms with Gasteiger partial charge in [-0.2, -0.15) is 0 Å². The molecule has 0 fully saturated rings. The minimum absolute atomic E-state index is 0.203. The van der Waals surface area contributed by atoms with E-state index < -0.39 is 0 Å². The van der Waals surface area contributed by atoms with Gasteiger partial charge >= 0.3 is 0 Å². The molecule has 0 bridgehead atoms. The van der Waals surface area contributed by atoms with Gasteiger partial charge in [-0.25, -0.2) is 0 Å². The Hall–Kier alpha value is -2.56. The monoisotopic (exact) mass is 336 g/mol. The summed E-state index contributed by atoms with van der Waals surface area (Å²) in [5.41, 5.74) is 8.66.